The number of carbonyl (C=O) groups is 1. The Bertz CT molecular complexity index is 590. The topological polar surface area (TPSA) is 42.0 Å². The molecule has 1 saturated carbocycles. The van der Waals surface area contributed by atoms with Crippen LogP contribution in [0.2, 0.25) is 0 Å². The molecule has 1 fully saturated rings. The van der Waals surface area contributed by atoms with Gasteiger partial charge in [-0.1, -0.05) is 24.3 Å². The van der Waals surface area contributed by atoms with Crippen LogP contribution in [-0.2, 0) is 4.79 Å². The zero-order valence-electron chi connectivity index (χ0n) is 9.77. The second kappa shape index (κ2) is 4.58. The highest BCUT2D eigenvalue weighted by molar-refractivity contribution is 6.31. The third kappa shape index (κ3) is 2.18. The average molecular weight is 261 g/mol. The third-order valence-corrected chi connectivity index (χ3v) is 3.56. The number of pyridine rings is 1. The molecule has 1 aromatic heterocycles. The van der Waals surface area contributed by atoms with Gasteiger partial charge in [0.25, 0.3) is 0 Å². The number of nitrogens with zero attached hydrogens (tertiary/aromatic N) is 1. The Balaban J connectivity index is 1.94. The number of aromatic nitrogens is 1. The first-order valence-electron chi connectivity index (χ1n) is 6.03. The number of halogens is 1. The van der Waals surface area contributed by atoms with Crippen molar-refractivity contribution in [3.8, 4) is 0 Å². The Kier molecular flexibility index (Phi) is 2.92. The summed E-state index contributed by atoms with van der Waals surface area (Å²) in [7, 11) is 0. The van der Waals surface area contributed by atoms with Crippen molar-refractivity contribution in [1.82, 2.24) is 10.3 Å². The standard InChI is InChI=1S/C14H13ClN2O/c15-13(14(18)17-10-5-6-10)12-8-16-7-9-3-1-2-4-11(9)12/h1-4,7-8,10,13H,5-6H2,(H,17,18). The SMILES string of the molecule is O=C(NC1CC1)C(Cl)c1cncc2ccccc12. The molecule has 1 unspecified atom stereocenters. The molecule has 0 radical (unpaired) electrons. The number of amides is 1. The van der Waals surface area contributed by atoms with Crippen molar-refractivity contribution in [2.75, 3.05) is 0 Å². The lowest BCUT2D eigenvalue weighted by Crippen LogP contribution is -2.28. The summed E-state index contributed by atoms with van der Waals surface area (Å²) in [6, 6.07) is 8.14. The molecule has 1 amide bonds. The average Bonchev–Trinajstić information content (AvgIpc) is 3.21. The van der Waals surface area contributed by atoms with Gasteiger partial charge in [0.15, 0.2) is 0 Å². The van der Waals surface area contributed by atoms with E-state index < -0.39 is 5.38 Å². The molecular formula is C14H13ClN2O. The van der Waals surface area contributed by atoms with Gasteiger partial charge in [-0.2, -0.15) is 0 Å². The monoisotopic (exact) mass is 260 g/mol. The number of hydrogen-bond acceptors (Lipinski definition) is 2. The smallest absolute Gasteiger partial charge is 0.242 e. The molecule has 3 rings (SSSR count). The second-order valence-corrected chi connectivity index (χ2v) is 5.03. The highest BCUT2D eigenvalue weighted by atomic mass is 35.5. The van der Waals surface area contributed by atoms with Crippen LogP contribution in [-0.4, -0.2) is 16.9 Å². The molecule has 0 saturated heterocycles. The lowest BCUT2D eigenvalue weighted by molar-refractivity contribution is -0.120. The number of benzene rings is 1. The van der Waals surface area contributed by atoms with Crippen LogP contribution < -0.4 is 5.32 Å². The first-order valence-corrected chi connectivity index (χ1v) is 6.46. The van der Waals surface area contributed by atoms with Crippen molar-refractivity contribution in [2.24, 2.45) is 0 Å². The number of carbonyl (C=O) groups excluding carboxylic acids is 1. The molecule has 3 nitrogen and oxygen atoms in total. The van der Waals surface area contributed by atoms with Gasteiger partial charge in [-0.15, -0.1) is 11.6 Å². The first-order chi connectivity index (χ1) is 8.75. The van der Waals surface area contributed by atoms with Crippen LogP contribution in [0.25, 0.3) is 10.8 Å². The van der Waals surface area contributed by atoms with Crippen molar-refractivity contribution < 1.29 is 4.79 Å². The molecule has 0 aliphatic heterocycles. The lowest BCUT2D eigenvalue weighted by Gasteiger charge is -2.12. The van der Waals surface area contributed by atoms with Gasteiger partial charge in [-0.05, 0) is 18.2 Å². The summed E-state index contributed by atoms with van der Waals surface area (Å²) in [4.78, 5) is 16.1. The summed E-state index contributed by atoms with van der Waals surface area (Å²) < 4.78 is 0. The van der Waals surface area contributed by atoms with E-state index in [2.05, 4.69) is 10.3 Å². The van der Waals surface area contributed by atoms with Crippen molar-refractivity contribution in [1.29, 1.82) is 0 Å². The van der Waals surface area contributed by atoms with Crippen LogP contribution in [0.15, 0.2) is 36.7 Å². The Morgan fingerprint density at radius 2 is 2.11 bits per heavy atom. The Morgan fingerprint density at radius 1 is 1.33 bits per heavy atom. The van der Waals surface area contributed by atoms with E-state index in [4.69, 9.17) is 11.6 Å². The number of hydrogen-bond donors (Lipinski definition) is 1. The minimum Gasteiger partial charge on any atom is -0.352 e. The normalized spacial score (nSPS) is 16.5. The van der Waals surface area contributed by atoms with E-state index in [1.165, 1.54) is 0 Å². The Hall–Kier alpha value is -1.61. The quantitative estimate of drug-likeness (QED) is 0.863. The first kappa shape index (κ1) is 11.5. The molecule has 18 heavy (non-hydrogen) atoms. The molecule has 1 aliphatic rings. The Morgan fingerprint density at radius 3 is 2.89 bits per heavy atom. The maximum atomic E-state index is 12.0. The molecule has 2 aromatic rings. The van der Waals surface area contributed by atoms with Gasteiger partial charge in [0.2, 0.25) is 5.91 Å². The number of alkyl halides is 1. The fraction of sp³-hybridized carbons (Fsp3) is 0.286. The van der Waals surface area contributed by atoms with Crippen molar-refractivity contribution in [3.05, 3.63) is 42.2 Å². The van der Waals surface area contributed by atoms with Gasteiger partial charge >= 0.3 is 0 Å². The molecule has 1 atom stereocenters. The highest BCUT2D eigenvalue weighted by Gasteiger charge is 2.28. The molecule has 1 aromatic carbocycles. The fourth-order valence-corrected chi connectivity index (χ4v) is 2.22. The maximum Gasteiger partial charge on any atom is 0.242 e. The predicted octanol–water partition coefficient (Wildman–Crippen LogP) is 2.79. The van der Waals surface area contributed by atoms with Crippen LogP contribution >= 0.6 is 11.6 Å². The lowest BCUT2D eigenvalue weighted by atomic mass is 10.0. The zero-order chi connectivity index (χ0) is 12.5. The number of rotatable bonds is 3. The van der Waals surface area contributed by atoms with Crippen LogP contribution in [0, 0.1) is 0 Å². The molecule has 0 spiro atoms. The zero-order valence-corrected chi connectivity index (χ0v) is 10.5. The van der Waals surface area contributed by atoms with E-state index in [9.17, 15) is 4.79 Å². The summed E-state index contributed by atoms with van der Waals surface area (Å²) >= 11 is 6.26. The molecule has 1 N–H and O–H groups in total. The van der Waals surface area contributed by atoms with E-state index in [1.54, 1.807) is 12.4 Å². The molecule has 1 heterocycles. The van der Waals surface area contributed by atoms with E-state index in [0.29, 0.717) is 6.04 Å². The van der Waals surface area contributed by atoms with Gasteiger partial charge in [-0.25, -0.2) is 0 Å². The number of fused-ring (bicyclic) bond motifs is 1. The van der Waals surface area contributed by atoms with E-state index in [1.807, 2.05) is 24.3 Å². The molecule has 0 bridgehead atoms. The second-order valence-electron chi connectivity index (χ2n) is 4.60. The summed E-state index contributed by atoms with van der Waals surface area (Å²) in [5.74, 6) is -0.127. The molecule has 92 valence electrons. The minimum absolute atomic E-state index is 0.127. The van der Waals surface area contributed by atoms with E-state index >= 15 is 0 Å². The van der Waals surface area contributed by atoms with E-state index in [-0.39, 0.29) is 5.91 Å². The van der Waals surface area contributed by atoms with Crippen molar-refractivity contribution >= 4 is 28.3 Å². The van der Waals surface area contributed by atoms with Crippen LogP contribution in [0.3, 0.4) is 0 Å². The molecule has 1 aliphatic carbocycles. The minimum atomic E-state index is -0.677. The summed E-state index contributed by atoms with van der Waals surface area (Å²) in [5, 5.41) is 4.23. The fourth-order valence-electron chi connectivity index (χ4n) is 1.99. The summed E-state index contributed by atoms with van der Waals surface area (Å²) in [6.07, 6.45) is 5.57. The van der Waals surface area contributed by atoms with Gasteiger partial charge in [0.1, 0.15) is 5.38 Å². The summed E-state index contributed by atoms with van der Waals surface area (Å²) in [6.45, 7) is 0. The van der Waals surface area contributed by atoms with Crippen molar-refractivity contribution in [2.45, 2.75) is 24.3 Å². The van der Waals surface area contributed by atoms with Crippen molar-refractivity contribution in [3.63, 3.8) is 0 Å². The molecule has 4 heteroatoms. The molecular weight excluding hydrogens is 248 g/mol. The predicted molar refractivity (Wildman–Crippen MR) is 71.5 cm³/mol. The highest BCUT2D eigenvalue weighted by Crippen LogP contribution is 2.29. The third-order valence-electron chi connectivity index (χ3n) is 3.13. The van der Waals surface area contributed by atoms with Crippen LogP contribution in [0.1, 0.15) is 23.8 Å². The number of nitrogens with one attached hydrogen (secondary N) is 1. The van der Waals surface area contributed by atoms with Gasteiger partial charge in [-0.3, -0.25) is 9.78 Å². The van der Waals surface area contributed by atoms with E-state index in [0.717, 1.165) is 29.2 Å². The van der Waals surface area contributed by atoms with Gasteiger partial charge in [0, 0.05) is 29.4 Å². The largest absolute Gasteiger partial charge is 0.352 e. The van der Waals surface area contributed by atoms with Gasteiger partial charge < -0.3 is 5.32 Å². The summed E-state index contributed by atoms with van der Waals surface area (Å²) in [5.41, 5.74) is 0.771. The Labute approximate surface area is 110 Å². The van der Waals surface area contributed by atoms with Gasteiger partial charge in [0.05, 0.1) is 0 Å². The van der Waals surface area contributed by atoms with Crippen LogP contribution in [0.4, 0.5) is 0 Å². The maximum absolute atomic E-state index is 12.0. The van der Waals surface area contributed by atoms with Crippen LogP contribution in [0.5, 0.6) is 0 Å².